The molecule has 62 valence electrons. The molecule has 3 nitrogen and oxygen atoms in total. The van der Waals surface area contributed by atoms with Crippen LogP contribution < -0.4 is 0 Å². The average molecular weight is 155 g/mol. The molecular formula is C8H13NO2. The van der Waals surface area contributed by atoms with Crippen LogP contribution in [0.4, 0.5) is 0 Å². The Kier molecular flexibility index (Phi) is 5.07. The van der Waals surface area contributed by atoms with E-state index in [1.807, 2.05) is 6.92 Å². The number of hydrogen-bond donors (Lipinski definition) is 1. The minimum absolute atomic E-state index is 0.0227. The zero-order chi connectivity index (χ0) is 8.69. The van der Waals surface area contributed by atoms with Crippen LogP contribution in [-0.4, -0.2) is 17.2 Å². The summed E-state index contributed by atoms with van der Waals surface area (Å²) in [7, 11) is 0. The molecule has 0 amide bonds. The molecule has 0 rings (SSSR count). The fourth-order valence-corrected chi connectivity index (χ4v) is 0.713. The lowest BCUT2D eigenvalue weighted by Gasteiger charge is -2.03. The van der Waals surface area contributed by atoms with Crippen LogP contribution >= 0.6 is 0 Å². The Labute approximate surface area is 66.4 Å². The van der Waals surface area contributed by atoms with Crippen molar-refractivity contribution in [3.63, 3.8) is 0 Å². The maximum atomic E-state index is 11.0. The Bertz CT molecular complexity index is 163. The highest BCUT2D eigenvalue weighted by Crippen LogP contribution is 2.04. The summed E-state index contributed by atoms with van der Waals surface area (Å²) >= 11 is 0. The summed E-state index contributed by atoms with van der Waals surface area (Å²) in [5, 5.41) is 10.8. The number of hydrogen-bond acceptors (Lipinski definition) is 3. The molecule has 0 aliphatic rings. The van der Waals surface area contributed by atoms with Gasteiger partial charge in [0.15, 0.2) is 0 Å². The summed E-state index contributed by atoms with van der Waals surface area (Å²) < 4.78 is 0. The standard InChI is InChI=1S/C8H13NO2/c1-3-4-7(2)8(10)5-6-9-11/h3,6-7,11H,1,4-5H2,2H3. The minimum Gasteiger partial charge on any atom is -0.411 e. The van der Waals surface area contributed by atoms with Crippen molar-refractivity contribution in [2.75, 3.05) is 0 Å². The van der Waals surface area contributed by atoms with Gasteiger partial charge in [-0.25, -0.2) is 0 Å². The number of allylic oxidation sites excluding steroid dienone is 1. The smallest absolute Gasteiger partial charge is 0.141 e. The second-order valence-electron chi connectivity index (χ2n) is 2.39. The number of oxime groups is 1. The third-order valence-electron chi connectivity index (χ3n) is 1.44. The lowest BCUT2D eigenvalue weighted by molar-refractivity contribution is -0.121. The maximum absolute atomic E-state index is 11.0. The van der Waals surface area contributed by atoms with Crippen molar-refractivity contribution in [2.45, 2.75) is 19.8 Å². The molecule has 0 fully saturated rings. The van der Waals surface area contributed by atoms with Gasteiger partial charge in [0.2, 0.25) is 0 Å². The Balaban J connectivity index is 3.72. The molecular weight excluding hydrogens is 142 g/mol. The zero-order valence-electron chi connectivity index (χ0n) is 6.66. The van der Waals surface area contributed by atoms with Crippen molar-refractivity contribution in [2.24, 2.45) is 11.1 Å². The number of carbonyl (C=O) groups excluding carboxylic acids is 1. The molecule has 0 spiro atoms. The van der Waals surface area contributed by atoms with Crippen molar-refractivity contribution < 1.29 is 10.0 Å². The molecule has 0 radical (unpaired) electrons. The van der Waals surface area contributed by atoms with Gasteiger partial charge in [-0.15, -0.1) is 11.7 Å². The fraction of sp³-hybridized carbons (Fsp3) is 0.500. The van der Waals surface area contributed by atoms with Crippen LogP contribution in [0.3, 0.4) is 0 Å². The van der Waals surface area contributed by atoms with Crippen molar-refractivity contribution in [1.29, 1.82) is 0 Å². The van der Waals surface area contributed by atoms with Gasteiger partial charge < -0.3 is 5.21 Å². The van der Waals surface area contributed by atoms with E-state index in [0.717, 1.165) is 0 Å². The van der Waals surface area contributed by atoms with Crippen LogP contribution in [0.1, 0.15) is 19.8 Å². The quantitative estimate of drug-likeness (QED) is 0.284. The van der Waals surface area contributed by atoms with E-state index in [0.29, 0.717) is 6.42 Å². The number of rotatable bonds is 5. The maximum Gasteiger partial charge on any atom is 0.141 e. The molecule has 0 saturated heterocycles. The summed E-state index contributed by atoms with van der Waals surface area (Å²) in [6, 6.07) is 0. The molecule has 1 unspecified atom stereocenters. The van der Waals surface area contributed by atoms with Gasteiger partial charge in [0, 0.05) is 12.3 Å². The molecule has 0 aliphatic heterocycles. The number of Topliss-reactive ketones (excluding diaryl/α,β-unsaturated/α-hetero) is 1. The lowest BCUT2D eigenvalue weighted by Crippen LogP contribution is -2.09. The first-order valence-corrected chi connectivity index (χ1v) is 3.51. The number of nitrogens with zero attached hydrogens (tertiary/aromatic N) is 1. The van der Waals surface area contributed by atoms with Crippen LogP contribution in [0.15, 0.2) is 17.8 Å². The van der Waals surface area contributed by atoms with Gasteiger partial charge in [-0.2, -0.15) is 0 Å². The summed E-state index contributed by atoms with van der Waals surface area (Å²) in [4.78, 5) is 11.0. The zero-order valence-corrected chi connectivity index (χ0v) is 6.66. The van der Waals surface area contributed by atoms with Crippen molar-refractivity contribution in [3.05, 3.63) is 12.7 Å². The first kappa shape index (κ1) is 9.88. The molecule has 1 N–H and O–H groups in total. The van der Waals surface area contributed by atoms with E-state index in [4.69, 9.17) is 5.21 Å². The third-order valence-corrected chi connectivity index (χ3v) is 1.44. The van der Waals surface area contributed by atoms with Crippen LogP contribution in [0.25, 0.3) is 0 Å². The van der Waals surface area contributed by atoms with E-state index in [2.05, 4.69) is 11.7 Å². The van der Waals surface area contributed by atoms with Gasteiger partial charge in [-0.1, -0.05) is 13.0 Å². The van der Waals surface area contributed by atoms with Gasteiger partial charge >= 0.3 is 0 Å². The second-order valence-corrected chi connectivity index (χ2v) is 2.39. The van der Waals surface area contributed by atoms with Crippen molar-refractivity contribution >= 4 is 12.0 Å². The first-order valence-electron chi connectivity index (χ1n) is 3.51. The first-order chi connectivity index (χ1) is 5.22. The van der Waals surface area contributed by atoms with Crippen LogP contribution in [0.5, 0.6) is 0 Å². The Morgan fingerprint density at radius 2 is 2.45 bits per heavy atom. The van der Waals surface area contributed by atoms with E-state index in [1.54, 1.807) is 6.08 Å². The summed E-state index contributed by atoms with van der Waals surface area (Å²) in [5.74, 6) is 0.0493. The van der Waals surface area contributed by atoms with Crippen LogP contribution in [0.2, 0.25) is 0 Å². The number of carbonyl (C=O) groups is 1. The van der Waals surface area contributed by atoms with E-state index in [-0.39, 0.29) is 18.1 Å². The molecule has 3 heteroatoms. The molecule has 11 heavy (non-hydrogen) atoms. The largest absolute Gasteiger partial charge is 0.411 e. The van der Waals surface area contributed by atoms with Crippen molar-refractivity contribution in [1.82, 2.24) is 0 Å². The summed E-state index contributed by atoms with van der Waals surface area (Å²) in [6.45, 7) is 5.36. The van der Waals surface area contributed by atoms with Crippen LogP contribution in [0, 0.1) is 5.92 Å². The van der Waals surface area contributed by atoms with Gasteiger partial charge in [-0.3, -0.25) is 4.79 Å². The van der Waals surface area contributed by atoms with Gasteiger partial charge in [-0.05, 0) is 6.42 Å². The van der Waals surface area contributed by atoms with E-state index in [1.165, 1.54) is 6.21 Å². The normalized spacial score (nSPS) is 13.2. The lowest BCUT2D eigenvalue weighted by atomic mass is 10.0. The second kappa shape index (κ2) is 5.65. The van der Waals surface area contributed by atoms with E-state index >= 15 is 0 Å². The Morgan fingerprint density at radius 3 is 2.91 bits per heavy atom. The monoisotopic (exact) mass is 155 g/mol. The molecule has 0 aromatic heterocycles. The average Bonchev–Trinajstić information content (AvgIpc) is 2.00. The highest BCUT2D eigenvalue weighted by atomic mass is 16.4. The van der Waals surface area contributed by atoms with Crippen molar-refractivity contribution in [3.8, 4) is 0 Å². The van der Waals surface area contributed by atoms with Gasteiger partial charge in [0.25, 0.3) is 0 Å². The molecule has 0 saturated carbocycles. The highest BCUT2D eigenvalue weighted by Gasteiger charge is 2.08. The predicted molar refractivity (Wildman–Crippen MR) is 43.9 cm³/mol. The molecule has 0 aromatic carbocycles. The summed E-state index contributed by atoms with van der Waals surface area (Å²) in [6.07, 6.45) is 3.78. The van der Waals surface area contributed by atoms with Gasteiger partial charge in [0.05, 0.1) is 6.21 Å². The Hall–Kier alpha value is -1.12. The molecule has 0 heterocycles. The summed E-state index contributed by atoms with van der Waals surface area (Å²) in [5.41, 5.74) is 0. The van der Waals surface area contributed by atoms with Gasteiger partial charge in [0.1, 0.15) is 5.78 Å². The van der Waals surface area contributed by atoms with E-state index < -0.39 is 0 Å². The fourth-order valence-electron chi connectivity index (χ4n) is 0.713. The third kappa shape index (κ3) is 4.31. The van der Waals surface area contributed by atoms with Crippen LogP contribution in [-0.2, 0) is 4.79 Å². The topological polar surface area (TPSA) is 49.7 Å². The highest BCUT2D eigenvalue weighted by molar-refractivity contribution is 5.92. The predicted octanol–water partition coefficient (Wildman–Crippen LogP) is 1.62. The molecule has 0 bridgehead atoms. The minimum atomic E-state index is -0.0227. The SMILES string of the molecule is C=CCC(C)C(=O)CC=NO. The Morgan fingerprint density at radius 1 is 1.82 bits per heavy atom. The molecule has 0 aliphatic carbocycles. The number of ketones is 1. The molecule has 0 aromatic rings. The van der Waals surface area contributed by atoms with E-state index in [9.17, 15) is 4.79 Å². The molecule has 1 atom stereocenters.